The van der Waals surface area contributed by atoms with Crippen molar-refractivity contribution >= 4 is 11.7 Å². The first-order valence-electron chi connectivity index (χ1n) is 6.31. The highest BCUT2D eigenvalue weighted by atomic mass is 16.2. The molecule has 2 rings (SSSR count). The van der Waals surface area contributed by atoms with Gasteiger partial charge in [0, 0.05) is 11.6 Å². The number of carbonyl (C=O) groups excluding carboxylic acids is 1. The summed E-state index contributed by atoms with van der Waals surface area (Å²) in [7, 11) is 0. The van der Waals surface area contributed by atoms with Gasteiger partial charge in [0.2, 0.25) is 0 Å². The quantitative estimate of drug-likeness (QED) is 0.658. The first kappa shape index (κ1) is 11.4. The Bertz CT molecular complexity index is 301. The monoisotopic (exact) mass is 223 g/mol. The predicted molar refractivity (Wildman–Crippen MR) is 64.0 cm³/mol. The fraction of sp³-hybridized carbons (Fsp3) is 0.833. The average molecular weight is 223 g/mol. The first-order chi connectivity index (χ1) is 7.68. The third-order valence-corrected chi connectivity index (χ3v) is 4.06. The number of amides is 2. The zero-order valence-corrected chi connectivity index (χ0v) is 9.91. The maximum Gasteiger partial charge on any atom is 0.332 e. The topological polar surface area (TPSA) is 67.5 Å². The molecule has 4 nitrogen and oxygen atoms in total. The fourth-order valence-electron chi connectivity index (χ4n) is 3.23. The van der Waals surface area contributed by atoms with Crippen LogP contribution in [-0.2, 0) is 0 Å². The summed E-state index contributed by atoms with van der Waals surface area (Å²) in [5.41, 5.74) is 8.65. The van der Waals surface area contributed by atoms with Crippen LogP contribution < -0.4 is 11.2 Å². The van der Waals surface area contributed by atoms with Gasteiger partial charge in [0.25, 0.3) is 0 Å². The molecule has 3 atom stereocenters. The SMILES string of the molecule is C[C@@H]1CC[C@@H]2CCCC[C@@H]2/C1=N/NC(N)=O. The van der Waals surface area contributed by atoms with Crippen molar-refractivity contribution in [1.29, 1.82) is 0 Å². The number of hydrogen-bond acceptors (Lipinski definition) is 2. The number of nitrogens with one attached hydrogen (secondary N) is 1. The van der Waals surface area contributed by atoms with Crippen LogP contribution in [-0.4, -0.2) is 11.7 Å². The molecular weight excluding hydrogens is 202 g/mol. The molecule has 0 radical (unpaired) electrons. The molecule has 0 saturated heterocycles. The van der Waals surface area contributed by atoms with Crippen LogP contribution in [0.2, 0.25) is 0 Å². The van der Waals surface area contributed by atoms with Crippen molar-refractivity contribution in [3.05, 3.63) is 0 Å². The number of urea groups is 1. The second-order valence-electron chi connectivity index (χ2n) is 5.14. The van der Waals surface area contributed by atoms with E-state index in [9.17, 15) is 4.79 Å². The molecule has 0 aromatic rings. The van der Waals surface area contributed by atoms with Crippen molar-refractivity contribution in [2.24, 2.45) is 28.6 Å². The molecule has 2 amide bonds. The molecule has 0 unspecified atom stereocenters. The summed E-state index contributed by atoms with van der Waals surface area (Å²) >= 11 is 0. The normalized spacial score (nSPS) is 36.8. The predicted octanol–water partition coefficient (Wildman–Crippen LogP) is 2.25. The molecule has 0 aromatic heterocycles. The molecule has 0 spiro atoms. The van der Waals surface area contributed by atoms with Crippen molar-refractivity contribution in [2.75, 3.05) is 0 Å². The van der Waals surface area contributed by atoms with Crippen LogP contribution in [0.5, 0.6) is 0 Å². The van der Waals surface area contributed by atoms with E-state index in [2.05, 4.69) is 17.5 Å². The third kappa shape index (κ3) is 2.36. The molecule has 3 N–H and O–H groups in total. The van der Waals surface area contributed by atoms with Crippen molar-refractivity contribution in [3.63, 3.8) is 0 Å². The maximum atomic E-state index is 10.7. The lowest BCUT2D eigenvalue weighted by molar-refractivity contribution is 0.239. The van der Waals surface area contributed by atoms with E-state index in [-0.39, 0.29) is 0 Å². The molecular formula is C12H21N3O. The molecule has 4 heteroatoms. The van der Waals surface area contributed by atoms with E-state index < -0.39 is 6.03 Å². The number of nitrogens with two attached hydrogens (primary N) is 1. The Balaban J connectivity index is 2.11. The van der Waals surface area contributed by atoms with Gasteiger partial charge in [-0.25, -0.2) is 10.2 Å². The summed E-state index contributed by atoms with van der Waals surface area (Å²) < 4.78 is 0. The Hall–Kier alpha value is -1.06. The Morgan fingerprint density at radius 3 is 2.81 bits per heavy atom. The number of fused-ring (bicyclic) bond motifs is 1. The summed E-state index contributed by atoms with van der Waals surface area (Å²) in [6.45, 7) is 2.20. The zero-order valence-electron chi connectivity index (χ0n) is 9.91. The van der Waals surface area contributed by atoms with Gasteiger partial charge >= 0.3 is 6.03 Å². The number of rotatable bonds is 1. The molecule has 2 fully saturated rings. The van der Waals surface area contributed by atoms with Gasteiger partial charge in [0.05, 0.1) is 0 Å². The van der Waals surface area contributed by atoms with Gasteiger partial charge in [-0.1, -0.05) is 19.8 Å². The molecule has 2 aliphatic carbocycles. The van der Waals surface area contributed by atoms with E-state index in [1.165, 1.54) is 44.2 Å². The standard InChI is InChI=1S/C12H21N3O/c1-8-6-7-9-4-2-3-5-10(9)11(8)14-15-12(13)16/h8-10H,2-7H2,1H3,(H3,13,15,16)/b14-11+/t8-,9+,10+/m1/s1. The number of nitrogens with zero attached hydrogens (tertiary/aromatic N) is 1. The van der Waals surface area contributed by atoms with E-state index in [4.69, 9.17) is 5.73 Å². The van der Waals surface area contributed by atoms with E-state index in [0.29, 0.717) is 11.8 Å². The molecule has 0 heterocycles. The Kier molecular flexibility index (Phi) is 3.46. The summed E-state index contributed by atoms with van der Waals surface area (Å²) in [6, 6.07) is -0.558. The molecule has 0 bridgehead atoms. The highest BCUT2D eigenvalue weighted by molar-refractivity contribution is 5.90. The fourth-order valence-corrected chi connectivity index (χ4v) is 3.23. The van der Waals surface area contributed by atoms with E-state index in [0.717, 1.165) is 5.92 Å². The summed E-state index contributed by atoms with van der Waals surface area (Å²) in [4.78, 5) is 10.7. The zero-order chi connectivity index (χ0) is 11.5. The van der Waals surface area contributed by atoms with Crippen LogP contribution in [0.3, 0.4) is 0 Å². The van der Waals surface area contributed by atoms with Crippen LogP contribution in [0.25, 0.3) is 0 Å². The second-order valence-corrected chi connectivity index (χ2v) is 5.14. The van der Waals surface area contributed by atoms with Crippen LogP contribution in [0.1, 0.15) is 45.4 Å². The van der Waals surface area contributed by atoms with Crippen molar-refractivity contribution in [1.82, 2.24) is 5.43 Å². The number of hydrogen-bond donors (Lipinski definition) is 2. The lowest BCUT2D eigenvalue weighted by Crippen LogP contribution is -2.38. The molecule has 0 aromatic carbocycles. The molecule has 2 saturated carbocycles. The Labute approximate surface area is 96.7 Å². The Morgan fingerprint density at radius 1 is 1.31 bits per heavy atom. The van der Waals surface area contributed by atoms with Gasteiger partial charge in [0.15, 0.2) is 0 Å². The summed E-state index contributed by atoms with van der Waals surface area (Å²) in [5, 5.41) is 4.24. The van der Waals surface area contributed by atoms with E-state index in [1.807, 2.05) is 0 Å². The van der Waals surface area contributed by atoms with E-state index in [1.54, 1.807) is 0 Å². The largest absolute Gasteiger partial charge is 0.350 e. The minimum atomic E-state index is -0.558. The minimum absolute atomic E-state index is 0.492. The molecule has 0 aliphatic heterocycles. The van der Waals surface area contributed by atoms with Crippen LogP contribution in [0.15, 0.2) is 5.10 Å². The number of primary amides is 1. The van der Waals surface area contributed by atoms with Crippen LogP contribution >= 0.6 is 0 Å². The van der Waals surface area contributed by atoms with Crippen molar-refractivity contribution in [3.8, 4) is 0 Å². The maximum absolute atomic E-state index is 10.7. The molecule has 2 aliphatic rings. The molecule has 16 heavy (non-hydrogen) atoms. The van der Waals surface area contributed by atoms with Crippen LogP contribution in [0.4, 0.5) is 4.79 Å². The third-order valence-electron chi connectivity index (χ3n) is 4.06. The first-order valence-corrected chi connectivity index (χ1v) is 6.31. The number of carbonyl (C=O) groups is 1. The molecule has 90 valence electrons. The van der Waals surface area contributed by atoms with Crippen LogP contribution in [0, 0.1) is 17.8 Å². The summed E-state index contributed by atoms with van der Waals surface area (Å²) in [6.07, 6.45) is 7.72. The van der Waals surface area contributed by atoms with E-state index >= 15 is 0 Å². The van der Waals surface area contributed by atoms with Gasteiger partial charge < -0.3 is 5.73 Å². The lowest BCUT2D eigenvalue weighted by Gasteiger charge is -2.39. The summed E-state index contributed by atoms with van der Waals surface area (Å²) in [5.74, 6) is 1.87. The van der Waals surface area contributed by atoms with Crippen molar-refractivity contribution < 1.29 is 4.79 Å². The van der Waals surface area contributed by atoms with Gasteiger partial charge in [0.1, 0.15) is 0 Å². The Morgan fingerprint density at radius 2 is 2.06 bits per heavy atom. The second kappa shape index (κ2) is 4.85. The van der Waals surface area contributed by atoms with Crippen molar-refractivity contribution in [2.45, 2.75) is 45.4 Å². The lowest BCUT2D eigenvalue weighted by atomic mass is 9.67. The van der Waals surface area contributed by atoms with Gasteiger partial charge in [-0.2, -0.15) is 5.10 Å². The smallest absolute Gasteiger partial charge is 0.332 e. The van der Waals surface area contributed by atoms with Gasteiger partial charge in [-0.15, -0.1) is 0 Å². The highest BCUT2D eigenvalue weighted by Crippen LogP contribution is 2.40. The minimum Gasteiger partial charge on any atom is -0.350 e. The average Bonchev–Trinajstić information content (AvgIpc) is 2.27. The van der Waals surface area contributed by atoms with Gasteiger partial charge in [-0.3, -0.25) is 0 Å². The number of hydrazone groups is 1. The van der Waals surface area contributed by atoms with Gasteiger partial charge in [-0.05, 0) is 37.5 Å². The highest BCUT2D eigenvalue weighted by Gasteiger charge is 2.35.